The lowest BCUT2D eigenvalue weighted by Gasteiger charge is -2.28. The van der Waals surface area contributed by atoms with Gasteiger partial charge in [-0.05, 0) is 100 Å². The topological polar surface area (TPSA) is 45.9 Å². The van der Waals surface area contributed by atoms with Gasteiger partial charge in [-0.15, -0.1) is 0 Å². The molecule has 3 aromatic heterocycles. The van der Waals surface area contributed by atoms with E-state index in [4.69, 9.17) is 13.3 Å². The number of benzene rings is 12. The first-order valence-corrected chi connectivity index (χ1v) is 24.7. The highest BCUT2D eigenvalue weighted by molar-refractivity contribution is 6.31. The predicted octanol–water partition coefficient (Wildman–Crippen LogP) is 20.0. The molecule has 0 aliphatic heterocycles. The number of fused-ring (bicyclic) bond motifs is 14. The first-order chi connectivity index (χ1) is 36.2. The van der Waals surface area contributed by atoms with Crippen molar-refractivity contribution < 1.29 is 13.3 Å². The van der Waals surface area contributed by atoms with Gasteiger partial charge in [0.25, 0.3) is 0 Å². The number of rotatable bonds is 8. The highest BCUT2D eigenvalue weighted by Crippen LogP contribution is 2.50. The number of hydrogen-bond donors (Lipinski definition) is 0. The van der Waals surface area contributed by atoms with Gasteiger partial charge < -0.3 is 23.1 Å². The second-order valence-corrected chi connectivity index (χ2v) is 18.7. The van der Waals surface area contributed by atoms with E-state index in [2.05, 4.69) is 240 Å². The van der Waals surface area contributed by atoms with Crippen LogP contribution in [0.1, 0.15) is 0 Å². The molecule has 5 heteroatoms. The average molecular weight is 935 g/mol. The molecule has 0 unspecified atom stereocenters. The van der Waals surface area contributed by atoms with Crippen LogP contribution in [0.5, 0.6) is 0 Å². The SMILES string of the molecule is c1ccc(-c2ccccc2N(c2ccc3c(c2)oc2ccccc23)c2ccc3c(c2)c2ccccc2c2c4ccc(N(c5ccccc5-c5ccccc5)c5cccc6c5oc5ccccc56)cc4oc32)cc1. The predicted molar refractivity (Wildman–Crippen MR) is 304 cm³/mol. The van der Waals surface area contributed by atoms with E-state index in [0.29, 0.717) is 0 Å². The summed E-state index contributed by atoms with van der Waals surface area (Å²) in [4.78, 5) is 4.69. The van der Waals surface area contributed by atoms with Crippen molar-refractivity contribution in [3.63, 3.8) is 0 Å². The molecule has 12 aromatic carbocycles. The van der Waals surface area contributed by atoms with Crippen molar-refractivity contribution in [1.29, 1.82) is 0 Å². The van der Waals surface area contributed by atoms with Gasteiger partial charge in [-0.1, -0.05) is 170 Å². The number of hydrogen-bond acceptors (Lipinski definition) is 5. The first-order valence-electron chi connectivity index (χ1n) is 24.7. The van der Waals surface area contributed by atoms with Crippen LogP contribution in [0.4, 0.5) is 34.1 Å². The van der Waals surface area contributed by atoms with E-state index >= 15 is 0 Å². The molecule has 0 aliphatic carbocycles. The van der Waals surface area contributed by atoms with Gasteiger partial charge in [-0.3, -0.25) is 0 Å². The molecule has 0 bridgehead atoms. The van der Waals surface area contributed by atoms with E-state index in [-0.39, 0.29) is 0 Å². The molecule has 5 nitrogen and oxygen atoms in total. The molecule has 342 valence electrons. The van der Waals surface area contributed by atoms with Crippen LogP contribution in [0.2, 0.25) is 0 Å². The molecule has 0 fully saturated rings. The van der Waals surface area contributed by atoms with Crippen molar-refractivity contribution in [3.8, 4) is 22.3 Å². The third kappa shape index (κ3) is 6.49. The fourth-order valence-electron chi connectivity index (χ4n) is 11.4. The highest BCUT2D eigenvalue weighted by atomic mass is 16.3. The Bertz CT molecular complexity index is 4640. The molecule has 0 spiro atoms. The van der Waals surface area contributed by atoms with Crippen molar-refractivity contribution in [2.24, 2.45) is 0 Å². The van der Waals surface area contributed by atoms with Gasteiger partial charge in [-0.2, -0.15) is 0 Å². The molecule has 0 N–H and O–H groups in total. The standard InChI is InChI=1S/C68H42N2O3/c1-3-18-43(19-4-1)48-22-9-13-29-59(48)69(46-34-37-53-51-25-11-15-32-62(51)71-64(53)41-46)45-35-38-56-58(40-45)50-24-7-8-27-54(50)66-57-39-36-47(42-65(57)73-68(56)66)70(60-30-14-10-23-49(60)44-20-5-2-6-21-44)61-31-17-28-55-52-26-12-16-33-63(52)72-67(55)61/h1-42H. The summed E-state index contributed by atoms with van der Waals surface area (Å²) in [7, 11) is 0. The summed E-state index contributed by atoms with van der Waals surface area (Å²) >= 11 is 0. The monoisotopic (exact) mass is 934 g/mol. The smallest absolute Gasteiger partial charge is 0.159 e. The fraction of sp³-hybridized carbons (Fsp3) is 0. The fourth-order valence-corrected chi connectivity index (χ4v) is 11.4. The third-order valence-corrected chi connectivity index (χ3v) is 14.6. The molecule has 0 saturated heterocycles. The Morgan fingerprint density at radius 2 is 0.671 bits per heavy atom. The normalized spacial score (nSPS) is 11.8. The summed E-state index contributed by atoms with van der Waals surface area (Å²) in [5.74, 6) is 0. The van der Waals surface area contributed by atoms with Crippen molar-refractivity contribution in [2.75, 3.05) is 9.80 Å². The Balaban J connectivity index is 0.948. The van der Waals surface area contributed by atoms with Crippen LogP contribution in [-0.4, -0.2) is 0 Å². The lowest BCUT2D eigenvalue weighted by Crippen LogP contribution is -2.11. The van der Waals surface area contributed by atoms with Gasteiger partial charge in [0, 0.05) is 72.3 Å². The summed E-state index contributed by atoms with van der Waals surface area (Å²) in [6.45, 7) is 0. The van der Waals surface area contributed by atoms with E-state index in [1.54, 1.807) is 0 Å². The molecular weight excluding hydrogens is 893 g/mol. The van der Waals surface area contributed by atoms with Gasteiger partial charge in [0.05, 0.1) is 22.7 Å². The van der Waals surface area contributed by atoms with Gasteiger partial charge >= 0.3 is 0 Å². The van der Waals surface area contributed by atoms with Gasteiger partial charge in [0.2, 0.25) is 0 Å². The molecule has 0 aliphatic rings. The van der Waals surface area contributed by atoms with E-state index in [0.717, 1.165) is 144 Å². The maximum absolute atomic E-state index is 7.23. The van der Waals surface area contributed by atoms with Crippen molar-refractivity contribution in [1.82, 2.24) is 0 Å². The van der Waals surface area contributed by atoms with Crippen LogP contribution in [-0.2, 0) is 0 Å². The van der Waals surface area contributed by atoms with E-state index in [9.17, 15) is 0 Å². The number of furan rings is 3. The van der Waals surface area contributed by atoms with E-state index in [1.165, 1.54) is 0 Å². The van der Waals surface area contributed by atoms with Gasteiger partial charge in [0.1, 0.15) is 27.9 Å². The molecule has 15 aromatic rings. The van der Waals surface area contributed by atoms with Crippen LogP contribution in [0, 0.1) is 0 Å². The Labute approximate surface area is 419 Å². The second kappa shape index (κ2) is 16.4. The molecule has 0 atom stereocenters. The van der Waals surface area contributed by atoms with E-state index < -0.39 is 0 Å². The minimum Gasteiger partial charge on any atom is -0.456 e. The van der Waals surface area contributed by atoms with Crippen LogP contribution in [0.3, 0.4) is 0 Å². The number of para-hydroxylation sites is 5. The van der Waals surface area contributed by atoms with Gasteiger partial charge in [-0.25, -0.2) is 0 Å². The van der Waals surface area contributed by atoms with Crippen LogP contribution >= 0.6 is 0 Å². The van der Waals surface area contributed by atoms with Crippen molar-refractivity contribution in [2.45, 2.75) is 0 Å². The quantitative estimate of drug-likeness (QED) is 0.142. The number of anilines is 6. The lowest BCUT2D eigenvalue weighted by atomic mass is 9.95. The average Bonchev–Trinajstić information content (AvgIpc) is 4.17. The van der Waals surface area contributed by atoms with Gasteiger partial charge in [0.15, 0.2) is 5.58 Å². The molecule has 0 saturated carbocycles. The zero-order valence-electron chi connectivity index (χ0n) is 39.4. The van der Waals surface area contributed by atoms with E-state index in [1.807, 2.05) is 24.3 Å². The minimum atomic E-state index is 0.797. The van der Waals surface area contributed by atoms with Crippen molar-refractivity contribution >= 4 is 121 Å². The largest absolute Gasteiger partial charge is 0.456 e. The van der Waals surface area contributed by atoms with Crippen molar-refractivity contribution in [3.05, 3.63) is 255 Å². The molecule has 15 rings (SSSR count). The summed E-state index contributed by atoms with van der Waals surface area (Å²) < 4.78 is 20.5. The summed E-state index contributed by atoms with van der Waals surface area (Å²) in [5, 5.41) is 10.9. The number of nitrogens with zero attached hydrogens (tertiary/aromatic N) is 2. The zero-order valence-corrected chi connectivity index (χ0v) is 39.4. The summed E-state index contributed by atoms with van der Waals surface area (Å²) in [6.07, 6.45) is 0. The summed E-state index contributed by atoms with van der Waals surface area (Å²) in [6, 6.07) is 90.2. The lowest BCUT2D eigenvalue weighted by molar-refractivity contribution is 0.668. The molecular formula is C68H42N2O3. The Kier molecular flexibility index (Phi) is 9.19. The summed E-state index contributed by atoms with van der Waals surface area (Å²) in [5.41, 5.74) is 15.5. The Morgan fingerprint density at radius 1 is 0.233 bits per heavy atom. The maximum atomic E-state index is 7.23. The zero-order chi connectivity index (χ0) is 48.0. The van der Waals surface area contributed by atoms with Crippen LogP contribution in [0.25, 0.3) is 110 Å². The molecule has 3 heterocycles. The molecule has 0 radical (unpaired) electrons. The molecule has 0 amide bonds. The second-order valence-electron chi connectivity index (χ2n) is 18.7. The third-order valence-electron chi connectivity index (χ3n) is 14.6. The first kappa shape index (κ1) is 41.0. The maximum Gasteiger partial charge on any atom is 0.159 e. The van der Waals surface area contributed by atoms with Crippen LogP contribution < -0.4 is 9.80 Å². The van der Waals surface area contributed by atoms with Crippen LogP contribution in [0.15, 0.2) is 268 Å². The molecule has 73 heavy (non-hydrogen) atoms. The Morgan fingerprint density at radius 3 is 1.37 bits per heavy atom. The highest BCUT2D eigenvalue weighted by Gasteiger charge is 2.25. The Hall–Kier alpha value is -9.84. The minimum absolute atomic E-state index is 0.797.